The second-order valence-electron chi connectivity index (χ2n) is 4.50. The third-order valence-corrected chi connectivity index (χ3v) is 2.97. The molecular weight excluding hydrogens is 261 g/mol. The molecule has 106 valence electrons. The summed E-state index contributed by atoms with van der Waals surface area (Å²) in [7, 11) is 3.11. The molecule has 1 amide bonds. The number of nitrogens with one attached hydrogen (secondary N) is 1. The first-order valence-electron chi connectivity index (χ1n) is 6.14. The molecular formula is C14H16FN3O2. The SMILES string of the molecule is COc1ccc(CC(=O)N(C)Cc2cn[nH]c2)cc1F. The summed E-state index contributed by atoms with van der Waals surface area (Å²) < 4.78 is 18.4. The van der Waals surface area contributed by atoms with E-state index in [2.05, 4.69) is 10.2 Å². The van der Waals surface area contributed by atoms with Crippen LogP contribution in [0.4, 0.5) is 4.39 Å². The number of hydrogen-bond donors (Lipinski definition) is 1. The molecule has 0 radical (unpaired) electrons. The Morgan fingerprint density at radius 1 is 1.45 bits per heavy atom. The Labute approximate surface area is 116 Å². The van der Waals surface area contributed by atoms with E-state index in [1.807, 2.05) is 0 Å². The van der Waals surface area contributed by atoms with Crippen LogP contribution in [0.15, 0.2) is 30.6 Å². The number of methoxy groups -OCH3 is 1. The quantitative estimate of drug-likeness (QED) is 0.906. The maximum absolute atomic E-state index is 13.5. The number of rotatable bonds is 5. The Balaban J connectivity index is 1.98. The molecule has 1 N–H and O–H groups in total. The maximum atomic E-state index is 13.5. The largest absolute Gasteiger partial charge is 0.494 e. The smallest absolute Gasteiger partial charge is 0.227 e. The predicted octanol–water partition coefficient (Wildman–Crippen LogP) is 1.76. The summed E-state index contributed by atoms with van der Waals surface area (Å²) in [5.74, 6) is -0.376. The summed E-state index contributed by atoms with van der Waals surface area (Å²) in [5.41, 5.74) is 1.54. The molecule has 0 spiro atoms. The lowest BCUT2D eigenvalue weighted by Gasteiger charge is -2.16. The van der Waals surface area contributed by atoms with E-state index in [0.717, 1.165) is 5.56 Å². The molecule has 2 rings (SSSR count). The topological polar surface area (TPSA) is 58.2 Å². The molecule has 6 heteroatoms. The van der Waals surface area contributed by atoms with E-state index in [1.165, 1.54) is 19.2 Å². The number of aromatic amines is 1. The fourth-order valence-corrected chi connectivity index (χ4v) is 1.86. The lowest BCUT2D eigenvalue weighted by Crippen LogP contribution is -2.27. The average molecular weight is 277 g/mol. The molecule has 1 aromatic carbocycles. The Kier molecular flexibility index (Phi) is 4.34. The van der Waals surface area contributed by atoms with Crippen molar-refractivity contribution in [1.82, 2.24) is 15.1 Å². The van der Waals surface area contributed by atoms with E-state index >= 15 is 0 Å². The number of benzene rings is 1. The Bertz CT molecular complexity index is 584. The molecule has 0 fully saturated rings. The van der Waals surface area contributed by atoms with Gasteiger partial charge in [-0.2, -0.15) is 5.10 Å². The van der Waals surface area contributed by atoms with Crippen molar-refractivity contribution in [3.8, 4) is 5.75 Å². The van der Waals surface area contributed by atoms with Crippen LogP contribution in [0.5, 0.6) is 5.75 Å². The minimum absolute atomic E-state index is 0.0873. The van der Waals surface area contributed by atoms with Crippen LogP contribution in [0.1, 0.15) is 11.1 Å². The normalized spacial score (nSPS) is 10.3. The van der Waals surface area contributed by atoms with Gasteiger partial charge in [-0.05, 0) is 17.7 Å². The van der Waals surface area contributed by atoms with Crippen LogP contribution in [0.25, 0.3) is 0 Å². The number of aromatic nitrogens is 2. The fraction of sp³-hybridized carbons (Fsp3) is 0.286. The molecule has 0 aliphatic rings. The molecule has 0 saturated carbocycles. The van der Waals surface area contributed by atoms with E-state index < -0.39 is 5.82 Å². The van der Waals surface area contributed by atoms with Crippen molar-refractivity contribution in [3.63, 3.8) is 0 Å². The molecule has 0 aliphatic heterocycles. The lowest BCUT2D eigenvalue weighted by molar-refractivity contribution is -0.129. The summed E-state index contributed by atoms with van der Waals surface area (Å²) >= 11 is 0. The standard InChI is InChI=1S/C14H16FN3O2/c1-18(9-11-7-16-17-8-11)14(19)6-10-3-4-13(20-2)12(15)5-10/h3-5,7-8H,6,9H2,1-2H3,(H,16,17). The van der Waals surface area contributed by atoms with Gasteiger partial charge < -0.3 is 9.64 Å². The van der Waals surface area contributed by atoms with Gasteiger partial charge in [0.05, 0.1) is 19.7 Å². The van der Waals surface area contributed by atoms with E-state index in [1.54, 1.807) is 30.4 Å². The van der Waals surface area contributed by atoms with Crippen molar-refractivity contribution in [1.29, 1.82) is 0 Å². The van der Waals surface area contributed by atoms with Crippen LogP contribution < -0.4 is 4.74 Å². The van der Waals surface area contributed by atoms with Crippen molar-refractivity contribution in [2.75, 3.05) is 14.2 Å². The Hall–Kier alpha value is -2.37. The Morgan fingerprint density at radius 3 is 2.85 bits per heavy atom. The van der Waals surface area contributed by atoms with Gasteiger partial charge in [-0.15, -0.1) is 0 Å². The highest BCUT2D eigenvalue weighted by molar-refractivity contribution is 5.78. The predicted molar refractivity (Wildman–Crippen MR) is 71.7 cm³/mol. The first-order valence-corrected chi connectivity index (χ1v) is 6.14. The number of carbonyl (C=O) groups excluding carboxylic acids is 1. The van der Waals surface area contributed by atoms with Gasteiger partial charge in [-0.25, -0.2) is 4.39 Å². The van der Waals surface area contributed by atoms with Crippen molar-refractivity contribution >= 4 is 5.91 Å². The summed E-state index contributed by atoms with van der Waals surface area (Å²) in [6, 6.07) is 4.53. The zero-order valence-electron chi connectivity index (χ0n) is 11.4. The molecule has 0 unspecified atom stereocenters. The highest BCUT2D eigenvalue weighted by Crippen LogP contribution is 2.18. The van der Waals surface area contributed by atoms with E-state index in [0.29, 0.717) is 12.1 Å². The molecule has 20 heavy (non-hydrogen) atoms. The molecule has 0 atom stereocenters. The molecule has 0 aliphatic carbocycles. The molecule has 1 aromatic heterocycles. The monoisotopic (exact) mass is 277 g/mol. The Morgan fingerprint density at radius 2 is 2.25 bits per heavy atom. The minimum atomic E-state index is -0.463. The molecule has 0 bridgehead atoms. The van der Waals surface area contributed by atoms with Gasteiger partial charge in [-0.3, -0.25) is 9.89 Å². The van der Waals surface area contributed by atoms with Gasteiger partial charge in [0.1, 0.15) is 0 Å². The highest BCUT2D eigenvalue weighted by atomic mass is 19.1. The van der Waals surface area contributed by atoms with Crippen molar-refractivity contribution in [2.45, 2.75) is 13.0 Å². The summed E-state index contributed by atoms with van der Waals surface area (Å²) in [4.78, 5) is 13.6. The van der Waals surface area contributed by atoms with Crippen LogP contribution >= 0.6 is 0 Å². The number of amides is 1. The highest BCUT2D eigenvalue weighted by Gasteiger charge is 2.12. The number of ether oxygens (including phenoxy) is 1. The van der Waals surface area contributed by atoms with Crippen molar-refractivity contribution in [3.05, 3.63) is 47.5 Å². The zero-order valence-corrected chi connectivity index (χ0v) is 11.4. The first kappa shape index (κ1) is 14.0. The van der Waals surface area contributed by atoms with E-state index in [-0.39, 0.29) is 18.1 Å². The number of likely N-dealkylation sites (N-methyl/N-ethyl adjacent to an activating group) is 1. The van der Waals surface area contributed by atoms with Crippen LogP contribution in [-0.2, 0) is 17.8 Å². The lowest BCUT2D eigenvalue weighted by atomic mass is 10.1. The van der Waals surface area contributed by atoms with Crippen LogP contribution in [0.3, 0.4) is 0 Å². The summed E-state index contributed by atoms with van der Waals surface area (Å²) in [6.45, 7) is 0.466. The van der Waals surface area contributed by atoms with Crippen LogP contribution in [0, 0.1) is 5.82 Å². The number of carbonyl (C=O) groups is 1. The maximum Gasteiger partial charge on any atom is 0.227 e. The van der Waals surface area contributed by atoms with Crippen LogP contribution in [0.2, 0.25) is 0 Å². The first-order chi connectivity index (χ1) is 9.60. The third-order valence-electron chi connectivity index (χ3n) is 2.97. The summed E-state index contributed by atoms with van der Waals surface area (Å²) in [5, 5.41) is 6.52. The number of nitrogens with zero attached hydrogens (tertiary/aromatic N) is 2. The number of hydrogen-bond acceptors (Lipinski definition) is 3. The van der Waals surface area contributed by atoms with Gasteiger partial charge >= 0.3 is 0 Å². The fourth-order valence-electron chi connectivity index (χ4n) is 1.86. The van der Waals surface area contributed by atoms with Gasteiger partial charge in [0.15, 0.2) is 11.6 Å². The molecule has 1 heterocycles. The molecule has 5 nitrogen and oxygen atoms in total. The van der Waals surface area contributed by atoms with E-state index in [9.17, 15) is 9.18 Å². The third kappa shape index (κ3) is 3.34. The van der Waals surface area contributed by atoms with Gasteiger partial charge in [0.25, 0.3) is 0 Å². The molecule has 0 saturated heterocycles. The molecule has 2 aromatic rings. The second-order valence-corrected chi connectivity index (χ2v) is 4.50. The average Bonchev–Trinajstić information content (AvgIpc) is 2.91. The second kappa shape index (κ2) is 6.18. The number of H-pyrrole nitrogens is 1. The van der Waals surface area contributed by atoms with Crippen LogP contribution in [-0.4, -0.2) is 35.2 Å². The van der Waals surface area contributed by atoms with Gasteiger partial charge in [0, 0.05) is 25.4 Å². The number of halogens is 1. The zero-order chi connectivity index (χ0) is 14.5. The van der Waals surface area contributed by atoms with Gasteiger partial charge in [-0.1, -0.05) is 6.07 Å². The van der Waals surface area contributed by atoms with Crippen molar-refractivity contribution < 1.29 is 13.9 Å². The van der Waals surface area contributed by atoms with Crippen molar-refractivity contribution in [2.24, 2.45) is 0 Å². The summed E-state index contributed by atoms with van der Waals surface area (Å²) in [6.07, 6.45) is 3.54. The minimum Gasteiger partial charge on any atom is -0.494 e. The van der Waals surface area contributed by atoms with E-state index in [4.69, 9.17) is 4.74 Å². The van der Waals surface area contributed by atoms with Gasteiger partial charge in [0.2, 0.25) is 5.91 Å².